The molecule has 0 aromatic rings. The van der Waals surface area contributed by atoms with Gasteiger partial charge >= 0.3 is 0 Å². The lowest BCUT2D eigenvalue weighted by Gasteiger charge is -2.07. The van der Waals surface area contributed by atoms with Gasteiger partial charge in [0.25, 0.3) is 0 Å². The third kappa shape index (κ3) is 11.9. The number of unbranched alkanes of at least 4 members (excludes halogenated alkanes) is 5. The average molecular weight is 233 g/mol. The Morgan fingerprint density at radius 3 is 2.13 bits per heavy atom. The molecule has 0 heterocycles. The molecule has 0 aliphatic heterocycles. The molecular formula is C13H25ClO. The fourth-order valence-corrected chi connectivity index (χ4v) is 1.80. The highest BCUT2D eigenvalue weighted by molar-refractivity contribution is 6.63. The van der Waals surface area contributed by atoms with Gasteiger partial charge < -0.3 is 0 Å². The van der Waals surface area contributed by atoms with Gasteiger partial charge in [-0.1, -0.05) is 58.8 Å². The summed E-state index contributed by atoms with van der Waals surface area (Å²) in [7, 11) is 0. The van der Waals surface area contributed by atoms with Gasteiger partial charge in [0.05, 0.1) is 0 Å². The monoisotopic (exact) mass is 232 g/mol. The molecule has 90 valence electrons. The molecule has 0 aromatic heterocycles. The van der Waals surface area contributed by atoms with Crippen LogP contribution in [0.15, 0.2) is 0 Å². The van der Waals surface area contributed by atoms with Gasteiger partial charge in [-0.05, 0) is 23.9 Å². The largest absolute Gasteiger partial charge is 0.281 e. The molecule has 0 saturated heterocycles. The Kier molecular flexibility index (Phi) is 10.4. The van der Waals surface area contributed by atoms with Crippen molar-refractivity contribution in [1.82, 2.24) is 0 Å². The van der Waals surface area contributed by atoms with E-state index in [0.29, 0.717) is 6.42 Å². The van der Waals surface area contributed by atoms with Gasteiger partial charge in [-0.25, -0.2) is 0 Å². The molecule has 0 aromatic carbocycles. The standard InChI is InChI=1S/C13H25ClO/c1-3-12(2)10-8-6-4-5-7-9-11-13(14)15/h12H,3-11H2,1-2H3. The van der Waals surface area contributed by atoms with Crippen molar-refractivity contribution in [2.24, 2.45) is 5.92 Å². The number of carbonyl (C=O) groups is 1. The van der Waals surface area contributed by atoms with Crippen LogP contribution in [0.1, 0.15) is 71.6 Å². The van der Waals surface area contributed by atoms with Crippen LogP contribution in [0.3, 0.4) is 0 Å². The molecule has 0 aliphatic carbocycles. The number of carbonyl (C=O) groups excluding carboxylic acids is 1. The maximum absolute atomic E-state index is 10.5. The fourth-order valence-electron chi connectivity index (χ4n) is 1.67. The van der Waals surface area contributed by atoms with Crippen LogP contribution in [-0.2, 0) is 4.79 Å². The highest BCUT2D eigenvalue weighted by Crippen LogP contribution is 2.14. The van der Waals surface area contributed by atoms with Crippen LogP contribution in [0.5, 0.6) is 0 Å². The number of hydrogen-bond donors (Lipinski definition) is 0. The smallest absolute Gasteiger partial charge is 0.221 e. The van der Waals surface area contributed by atoms with Crippen molar-refractivity contribution in [3.8, 4) is 0 Å². The predicted octanol–water partition coefficient (Wildman–Crippen LogP) is 4.92. The summed E-state index contributed by atoms with van der Waals surface area (Å²) in [6, 6.07) is 0. The lowest BCUT2D eigenvalue weighted by Crippen LogP contribution is -1.91. The van der Waals surface area contributed by atoms with E-state index >= 15 is 0 Å². The van der Waals surface area contributed by atoms with E-state index in [4.69, 9.17) is 11.6 Å². The summed E-state index contributed by atoms with van der Waals surface area (Å²) >= 11 is 5.25. The van der Waals surface area contributed by atoms with Crippen LogP contribution in [0, 0.1) is 5.92 Å². The molecule has 0 aliphatic rings. The van der Waals surface area contributed by atoms with Crippen molar-refractivity contribution in [2.75, 3.05) is 0 Å². The summed E-state index contributed by atoms with van der Waals surface area (Å²) in [5, 5.41) is -0.188. The zero-order chi connectivity index (χ0) is 11.5. The summed E-state index contributed by atoms with van der Waals surface area (Å²) in [4.78, 5) is 10.5. The minimum Gasteiger partial charge on any atom is -0.281 e. The van der Waals surface area contributed by atoms with Crippen LogP contribution in [-0.4, -0.2) is 5.24 Å². The minimum atomic E-state index is -0.188. The first-order valence-corrected chi connectivity index (χ1v) is 6.73. The van der Waals surface area contributed by atoms with Gasteiger partial charge in [0.1, 0.15) is 0 Å². The van der Waals surface area contributed by atoms with Crippen molar-refractivity contribution < 1.29 is 4.79 Å². The second-order valence-corrected chi connectivity index (χ2v) is 4.95. The second-order valence-electron chi connectivity index (χ2n) is 4.53. The van der Waals surface area contributed by atoms with Crippen LogP contribution >= 0.6 is 11.6 Å². The molecule has 0 rings (SSSR count). The summed E-state index contributed by atoms with van der Waals surface area (Å²) < 4.78 is 0. The maximum Gasteiger partial charge on any atom is 0.221 e. The normalized spacial score (nSPS) is 12.7. The molecule has 0 amide bonds. The van der Waals surface area contributed by atoms with Crippen molar-refractivity contribution in [1.29, 1.82) is 0 Å². The maximum atomic E-state index is 10.5. The molecule has 0 spiro atoms. The van der Waals surface area contributed by atoms with Gasteiger partial charge in [-0.3, -0.25) is 4.79 Å². The Balaban J connectivity index is 3.02. The molecule has 0 bridgehead atoms. The molecule has 0 saturated carbocycles. The summed E-state index contributed by atoms with van der Waals surface area (Å²) in [5.74, 6) is 0.888. The Bertz CT molecular complexity index is 157. The fraction of sp³-hybridized carbons (Fsp3) is 0.923. The van der Waals surface area contributed by atoms with E-state index in [2.05, 4.69) is 13.8 Å². The van der Waals surface area contributed by atoms with Crippen molar-refractivity contribution >= 4 is 16.8 Å². The lowest BCUT2D eigenvalue weighted by molar-refractivity contribution is -0.111. The number of halogens is 1. The molecule has 0 radical (unpaired) electrons. The Hall–Kier alpha value is -0.0400. The first-order valence-electron chi connectivity index (χ1n) is 6.35. The van der Waals surface area contributed by atoms with Crippen molar-refractivity contribution in [3.05, 3.63) is 0 Å². The zero-order valence-electron chi connectivity index (χ0n) is 10.2. The molecule has 2 heteroatoms. The molecule has 0 fully saturated rings. The first kappa shape index (κ1) is 15.0. The number of hydrogen-bond acceptors (Lipinski definition) is 1. The van der Waals surface area contributed by atoms with Crippen molar-refractivity contribution in [2.45, 2.75) is 71.6 Å². The average Bonchev–Trinajstić information content (AvgIpc) is 2.21. The topological polar surface area (TPSA) is 17.1 Å². The summed E-state index contributed by atoms with van der Waals surface area (Å²) in [5.41, 5.74) is 0. The minimum absolute atomic E-state index is 0.188. The van der Waals surface area contributed by atoms with E-state index in [1.807, 2.05) is 0 Å². The molecular weight excluding hydrogens is 208 g/mol. The van der Waals surface area contributed by atoms with E-state index in [1.54, 1.807) is 0 Å². The van der Waals surface area contributed by atoms with Gasteiger partial charge in [0.15, 0.2) is 0 Å². The molecule has 15 heavy (non-hydrogen) atoms. The van der Waals surface area contributed by atoms with Crippen LogP contribution in [0.4, 0.5) is 0 Å². The summed E-state index contributed by atoms with van der Waals surface area (Å²) in [6.45, 7) is 4.58. The Labute approximate surface area is 99.6 Å². The van der Waals surface area contributed by atoms with Crippen LogP contribution < -0.4 is 0 Å². The second kappa shape index (κ2) is 10.5. The third-order valence-corrected chi connectivity index (χ3v) is 3.21. The SMILES string of the molecule is CCC(C)CCCCCCCCC(=O)Cl. The predicted molar refractivity (Wildman–Crippen MR) is 67.3 cm³/mol. The first-order chi connectivity index (χ1) is 7.16. The van der Waals surface area contributed by atoms with E-state index in [1.165, 1.54) is 38.5 Å². The zero-order valence-corrected chi connectivity index (χ0v) is 11.0. The van der Waals surface area contributed by atoms with E-state index < -0.39 is 0 Å². The van der Waals surface area contributed by atoms with E-state index in [0.717, 1.165) is 18.8 Å². The Morgan fingerprint density at radius 2 is 1.60 bits per heavy atom. The summed E-state index contributed by atoms with van der Waals surface area (Å²) in [6.07, 6.45) is 10.6. The van der Waals surface area contributed by atoms with Gasteiger partial charge in [0.2, 0.25) is 5.24 Å². The molecule has 1 nitrogen and oxygen atoms in total. The molecule has 0 N–H and O–H groups in total. The third-order valence-electron chi connectivity index (χ3n) is 3.02. The lowest BCUT2D eigenvalue weighted by atomic mass is 10.00. The van der Waals surface area contributed by atoms with E-state index in [9.17, 15) is 4.79 Å². The van der Waals surface area contributed by atoms with Gasteiger partial charge in [-0.15, -0.1) is 0 Å². The molecule has 1 atom stereocenters. The van der Waals surface area contributed by atoms with Crippen LogP contribution in [0.25, 0.3) is 0 Å². The quantitative estimate of drug-likeness (QED) is 0.386. The van der Waals surface area contributed by atoms with Gasteiger partial charge in [-0.2, -0.15) is 0 Å². The highest BCUT2D eigenvalue weighted by atomic mass is 35.5. The van der Waals surface area contributed by atoms with Crippen LogP contribution in [0.2, 0.25) is 0 Å². The van der Waals surface area contributed by atoms with E-state index in [-0.39, 0.29) is 5.24 Å². The van der Waals surface area contributed by atoms with Gasteiger partial charge in [0, 0.05) is 6.42 Å². The molecule has 1 unspecified atom stereocenters. The van der Waals surface area contributed by atoms with Crippen molar-refractivity contribution in [3.63, 3.8) is 0 Å². The highest BCUT2D eigenvalue weighted by Gasteiger charge is 1.99. The Morgan fingerprint density at radius 1 is 1.07 bits per heavy atom. The number of rotatable bonds is 10.